The molecule has 0 saturated carbocycles. The van der Waals surface area contributed by atoms with Crippen LogP contribution in [0.3, 0.4) is 0 Å². The van der Waals surface area contributed by atoms with E-state index in [1.165, 1.54) is 11.3 Å². The molecule has 1 aromatic carbocycles. The smallest absolute Gasteiger partial charge is 0.252 e. The van der Waals surface area contributed by atoms with Crippen molar-refractivity contribution in [3.63, 3.8) is 0 Å². The molecule has 8 heteroatoms. The molecule has 2 aromatic rings. The highest BCUT2D eigenvalue weighted by atomic mass is 32.1. The quantitative estimate of drug-likeness (QED) is 0.573. The summed E-state index contributed by atoms with van der Waals surface area (Å²) in [6, 6.07) is 10.2. The lowest BCUT2D eigenvalue weighted by Gasteiger charge is -2.31. The normalized spacial score (nSPS) is 22.0. The molecule has 3 heterocycles. The molecule has 2 fully saturated rings. The molecule has 0 radical (unpaired) electrons. The predicted octanol–water partition coefficient (Wildman–Crippen LogP) is 2.76. The van der Waals surface area contributed by atoms with Crippen LogP contribution in [0, 0.1) is 0 Å². The Morgan fingerprint density at radius 2 is 1.91 bits per heavy atom. The third-order valence-electron chi connectivity index (χ3n) is 6.77. The van der Waals surface area contributed by atoms with Crippen LogP contribution >= 0.6 is 11.3 Å². The summed E-state index contributed by atoms with van der Waals surface area (Å²) in [5.74, 6) is -0.779. The number of ketones is 1. The number of ether oxygens (including phenoxy) is 1. The van der Waals surface area contributed by atoms with Gasteiger partial charge >= 0.3 is 0 Å². The van der Waals surface area contributed by atoms with E-state index in [1.807, 2.05) is 35.7 Å². The molecule has 0 aliphatic carbocycles. The summed E-state index contributed by atoms with van der Waals surface area (Å²) < 4.78 is 5.74. The Balaban J connectivity index is 1.50. The molecule has 2 unspecified atom stereocenters. The Labute approximate surface area is 204 Å². The van der Waals surface area contributed by atoms with E-state index < -0.39 is 12.1 Å². The van der Waals surface area contributed by atoms with Crippen LogP contribution in [0.2, 0.25) is 0 Å². The first-order chi connectivity index (χ1) is 16.3. The highest BCUT2D eigenvalue weighted by molar-refractivity contribution is 7.08. The minimum absolute atomic E-state index is 0.00485. The molecular weight excluding hydrogens is 450 g/mol. The van der Waals surface area contributed by atoms with E-state index in [-0.39, 0.29) is 35.7 Å². The van der Waals surface area contributed by atoms with Crippen molar-refractivity contribution in [1.29, 1.82) is 0 Å². The first kappa shape index (κ1) is 24.6. The van der Waals surface area contributed by atoms with Crippen LogP contribution in [0.15, 0.2) is 47.2 Å². The van der Waals surface area contributed by atoms with Crippen LogP contribution in [0.4, 0.5) is 0 Å². The van der Waals surface area contributed by atoms with Gasteiger partial charge in [-0.25, -0.2) is 0 Å². The van der Waals surface area contributed by atoms with Crippen LogP contribution in [-0.4, -0.2) is 66.9 Å². The summed E-state index contributed by atoms with van der Waals surface area (Å²) in [6.07, 6.45) is 2.30. The molecule has 0 spiro atoms. The highest BCUT2D eigenvalue weighted by Gasteiger charge is 2.40. The maximum absolute atomic E-state index is 13.5. The van der Waals surface area contributed by atoms with Crippen molar-refractivity contribution < 1.29 is 19.1 Å². The zero-order valence-electron chi connectivity index (χ0n) is 19.8. The van der Waals surface area contributed by atoms with E-state index in [0.29, 0.717) is 18.5 Å². The second kappa shape index (κ2) is 10.8. The average Bonchev–Trinajstić information content (AvgIpc) is 3.59. The predicted molar refractivity (Wildman–Crippen MR) is 132 cm³/mol. The molecule has 2 aliphatic heterocycles. The lowest BCUT2D eigenvalue weighted by atomic mass is 9.79. The molecule has 1 aromatic heterocycles. The van der Waals surface area contributed by atoms with Crippen molar-refractivity contribution in [2.45, 2.75) is 56.7 Å². The van der Waals surface area contributed by atoms with E-state index in [4.69, 9.17) is 4.74 Å². The molecule has 4 rings (SSSR count). The Morgan fingerprint density at radius 1 is 1.18 bits per heavy atom. The Bertz CT molecular complexity index is 987. The summed E-state index contributed by atoms with van der Waals surface area (Å²) in [7, 11) is 0. The molecule has 2 saturated heterocycles. The zero-order valence-corrected chi connectivity index (χ0v) is 20.6. The largest absolute Gasteiger partial charge is 0.366 e. The number of carbonyl (C=O) groups is 3. The minimum atomic E-state index is -0.802. The second-order valence-electron chi connectivity index (χ2n) is 9.80. The average molecular weight is 484 g/mol. The molecule has 2 N–H and O–H groups in total. The molecular formula is C26H33N3O4S. The fourth-order valence-electron chi connectivity index (χ4n) is 4.75. The van der Waals surface area contributed by atoms with Gasteiger partial charge in [-0.05, 0) is 54.8 Å². The lowest BCUT2D eigenvalue weighted by molar-refractivity contribution is -0.128. The van der Waals surface area contributed by atoms with Crippen molar-refractivity contribution in [1.82, 2.24) is 15.5 Å². The minimum Gasteiger partial charge on any atom is -0.366 e. The van der Waals surface area contributed by atoms with Crippen LogP contribution in [0.1, 0.15) is 49.0 Å². The number of rotatable bonds is 9. The monoisotopic (exact) mass is 483 g/mol. The Kier molecular flexibility index (Phi) is 7.80. The zero-order chi connectivity index (χ0) is 24.1. The van der Waals surface area contributed by atoms with Gasteiger partial charge in [-0.1, -0.05) is 44.2 Å². The van der Waals surface area contributed by atoms with E-state index in [9.17, 15) is 14.4 Å². The number of Topliss-reactive ketones (excluding diaryl/α,β-unsaturated/α-hetero) is 1. The van der Waals surface area contributed by atoms with Crippen molar-refractivity contribution >= 4 is 28.9 Å². The van der Waals surface area contributed by atoms with Crippen molar-refractivity contribution in [2.24, 2.45) is 0 Å². The van der Waals surface area contributed by atoms with Crippen molar-refractivity contribution in [3.05, 3.63) is 58.3 Å². The van der Waals surface area contributed by atoms with E-state index in [0.717, 1.165) is 31.5 Å². The summed E-state index contributed by atoms with van der Waals surface area (Å²) in [4.78, 5) is 41.2. The second-order valence-corrected chi connectivity index (χ2v) is 10.6. The van der Waals surface area contributed by atoms with Crippen molar-refractivity contribution in [3.8, 4) is 0 Å². The van der Waals surface area contributed by atoms with Crippen LogP contribution in [0.5, 0.6) is 0 Å². The number of amides is 2. The molecule has 3 atom stereocenters. The van der Waals surface area contributed by atoms with Crippen LogP contribution in [-0.2, 0) is 19.7 Å². The maximum atomic E-state index is 13.5. The van der Waals surface area contributed by atoms with Crippen LogP contribution in [0.25, 0.3) is 0 Å². The molecule has 182 valence electrons. The van der Waals surface area contributed by atoms with Gasteiger partial charge in [-0.15, -0.1) is 0 Å². The van der Waals surface area contributed by atoms with Crippen molar-refractivity contribution in [2.75, 3.05) is 26.2 Å². The summed E-state index contributed by atoms with van der Waals surface area (Å²) in [6.45, 7) is 6.71. The Morgan fingerprint density at radius 3 is 2.59 bits per heavy atom. The van der Waals surface area contributed by atoms with E-state index in [2.05, 4.69) is 29.4 Å². The topological polar surface area (TPSA) is 87.7 Å². The first-order valence-electron chi connectivity index (χ1n) is 11.9. The van der Waals surface area contributed by atoms with Gasteiger partial charge in [0.05, 0.1) is 11.7 Å². The summed E-state index contributed by atoms with van der Waals surface area (Å²) in [5.41, 5.74) is 1.22. The number of nitrogens with zero attached hydrogens (tertiary/aromatic N) is 1. The summed E-state index contributed by atoms with van der Waals surface area (Å²) >= 11 is 1.43. The third kappa shape index (κ3) is 5.92. The molecule has 2 aliphatic rings. The maximum Gasteiger partial charge on any atom is 0.252 e. The van der Waals surface area contributed by atoms with Gasteiger partial charge in [-0.2, -0.15) is 11.3 Å². The first-order valence-corrected chi connectivity index (χ1v) is 12.8. The number of nitrogens with one attached hydrogen (secondary N) is 2. The molecule has 2 amide bonds. The van der Waals surface area contributed by atoms with Gasteiger partial charge in [0.25, 0.3) is 5.91 Å². The van der Waals surface area contributed by atoms with Crippen LogP contribution < -0.4 is 10.6 Å². The molecule has 0 bridgehead atoms. The summed E-state index contributed by atoms with van der Waals surface area (Å²) in [5, 5.41) is 9.43. The van der Waals surface area contributed by atoms with Gasteiger partial charge in [0.15, 0.2) is 5.78 Å². The van der Waals surface area contributed by atoms with E-state index in [1.54, 1.807) is 11.4 Å². The number of carbonyl (C=O) groups excluding carboxylic acids is 3. The lowest BCUT2D eigenvalue weighted by Crippen LogP contribution is -2.55. The molecule has 7 nitrogen and oxygen atoms in total. The number of thiophene rings is 1. The van der Waals surface area contributed by atoms with Gasteiger partial charge in [0, 0.05) is 11.9 Å². The number of benzene rings is 1. The van der Waals surface area contributed by atoms with Gasteiger partial charge < -0.3 is 20.3 Å². The fourth-order valence-corrected chi connectivity index (χ4v) is 5.39. The molecule has 34 heavy (non-hydrogen) atoms. The highest BCUT2D eigenvalue weighted by Crippen LogP contribution is 2.29. The number of likely N-dealkylation sites (tertiary alicyclic amines) is 1. The number of hydrogen-bond donors (Lipinski definition) is 2. The Hall–Kier alpha value is -2.55. The SMILES string of the molecule is CC(C)(C[C@H](NC(=O)c1ccsc1)C(=O)NC1C(=O)COC1CN1CCCC1)c1ccccc1. The van der Waals surface area contributed by atoms with Gasteiger partial charge in [0.2, 0.25) is 5.91 Å². The fraction of sp³-hybridized carbons (Fsp3) is 0.500. The standard InChI is InChI=1S/C26H33N3O4S/c1-26(2,19-8-4-3-5-9-19)14-20(27-24(31)18-10-13-34-17-18)25(32)28-23-21(30)16-33-22(23)15-29-11-6-7-12-29/h3-5,8-10,13,17,20,22-23H,6-7,11-12,14-16H2,1-2H3,(H,27,31)(H,28,32)/t20-,22?,23?/m0/s1. The third-order valence-corrected chi connectivity index (χ3v) is 7.45. The number of hydrogen-bond acceptors (Lipinski definition) is 6. The van der Waals surface area contributed by atoms with E-state index >= 15 is 0 Å². The van der Waals surface area contributed by atoms with Gasteiger partial charge in [-0.3, -0.25) is 14.4 Å². The van der Waals surface area contributed by atoms with Gasteiger partial charge in [0.1, 0.15) is 18.7 Å².